The van der Waals surface area contributed by atoms with E-state index in [9.17, 15) is 9.59 Å². The molecule has 1 aliphatic heterocycles. The molecule has 16 heavy (non-hydrogen) atoms. The molecule has 0 fully saturated rings. The standard InChI is InChI=1S/C10H14ClNO4/c1-7(11)16-10(14)12-5-3-4-8(6-12)9(13)15-2/h4,7H,3,5-6H2,1-2H3. The number of hydrogen-bond donors (Lipinski definition) is 0. The summed E-state index contributed by atoms with van der Waals surface area (Å²) in [4.78, 5) is 24.2. The van der Waals surface area contributed by atoms with Crippen LogP contribution < -0.4 is 0 Å². The Morgan fingerprint density at radius 1 is 1.56 bits per heavy atom. The van der Waals surface area contributed by atoms with Gasteiger partial charge in [-0.25, -0.2) is 9.59 Å². The number of rotatable bonds is 2. The molecule has 0 aromatic heterocycles. The first-order valence-electron chi connectivity index (χ1n) is 4.91. The molecule has 1 aliphatic rings. The van der Waals surface area contributed by atoms with E-state index < -0.39 is 17.6 Å². The van der Waals surface area contributed by atoms with E-state index in [0.29, 0.717) is 18.5 Å². The largest absolute Gasteiger partial charge is 0.466 e. The van der Waals surface area contributed by atoms with Crippen LogP contribution in [0.15, 0.2) is 11.6 Å². The lowest BCUT2D eigenvalue weighted by Crippen LogP contribution is -2.38. The molecule has 1 amide bonds. The molecular weight excluding hydrogens is 234 g/mol. The van der Waals surface area contributed by atoms with Crippen molar-refractivity contribution < 1.29 is 19.1 Å². The lowest BCUT2D eigenvalue weighted by molar-refractivity contribution is -0.136. The van der Waals surface area contributed by atoms with Crippen molar-refractivity contribution in [2.24, 2.45) is 0 Å². The maximum Gasteiger partial charge on any atom is 0.411 e. The molecule has 0 N–H and O–H groups in total. The van der Waals surface area contributed by atoms with Crippen molar-refractivity contribution in [1.29, 1.82) is 0 Å². The number of halogens is 1. The number of esters is 1. The fraction of sp³-hybridized carbons (Fsp3) is 0.600. The van der Waals surface area contributed by atoms with Crippen LogP contribution in [-0.2, 0) is 14.3 Å². The molecule has 0 aromatic carbocycles. The third kappa shape index (κ3) is 3.41. The van der Waals surface area contributed by atoms with Crippen LogP contribution >= 0.6 is 11.6 Å². The summed E-state index contributed by atoms with van der Waals surface area (Å²) in [6.07, 6.45) is 1.85. The van der Waals surface area contributed by atoms with Crippen LogP contribution in [0, 0.1) is 0 Å². The Bertz CT molecular complexity index is 314. The highest BCUT2D eigenvalue weighted by molar-refractivity contribution is 6.19. The highest BCUT2D eigenvalue weighted by Gasteiger charge is 2.24. The maximum atomic E-state index is 11.5. The van der Waals surface area contributed by atoms with Crippen LogP contribution in [0.3, 0.4) is 0 Å². The van der Waals surface area contributed by atoms with Gasteiger partial charge < -0.3 is 14.4 Å². The minimum atomic E-state index is -0.681. The number of amides is 1. The predicted octanol–water partition coefficient (Wildman–Crippen LogP) is 1.51. The number of ether oxygens (including phenoxy) is 2. The number of carbonyl (C=O) groups excluding carboxylic acids is 2. The van der Waals surface area contributed by atoms with Crippen LogP contribution in [0.1, 0.15) is 13.3 Å². The quantitative estimate of drug-likeness (QED) is 0.548. The molecule has 0 spiro atoms. The molecule has 0 saturated heterocycles. The Balaban J connectivity index is 2.57. The Hall–Kier alpha value is -1.23. The third-order valence-electron chi connectivity index (χ3n) is 2.12. The van der Waals surface area contributed by atoms with E-state index >= 15 is 0 Å². The predicted molar refractivity (Wildman–Crippen MR) is 58.1 cm³/mol. The van der Waals surface area contributed by atoms with Gasteiger partial charge in [-0.15, -0.1) is 0 Å². The number of methoxy groups -OCH3 is 1. The molecule has 90 valence electrons. The summed E-state index contributed by atoms with van der Waals surface area (Å²) < 4.78 is 9.41. The van der Waals surface area contributed by atoms with Crippen LogP contribution in [0.25, 0.3) is 0 Å². The lowest BCUT2D eigenvalue weighted by atomic mass is 10.1. The van der Waals surface area contributed by atoms with Gasteiger partial charge in [0.15, 0.2) is 5.56 Å². The normalized spacial score (nSPS) is 17.4. The Labute approximate surface area is 98.9 Å². The second-order valence-corrected chi connectivity index (χ2v) is 3.97. The van der Waals surface area contributed by atoms with Crippen LogP contribution in [0.5, 0.6) is 0 Å². The lowest BCUT2D eigenvalue weighted by Gasteiger charge is -2.26. The number of hydrogen-bond acceptors (Lipinski definition) is 4. The molecule has 0 bridgehead atoms. The summed E-state index contributed by atoms with van der Waals surface area (Å²) in [6.45, 7) is 2.28. The Kier molecular flexibility index (Phi) is 4.61. The zero-order valence-electron chi connectivity index (χ0n) is 9.23. The van der Waals surface area contributed by atoms with E-state index in [1.165, 1.54) is 12.0 Å². The van der Waals surface area contributed by atoms with E-state index in [4.69, 9.17) is 16.3 Å². The highest BCUT2D eigenvalue weighted by Crippen LogP contribution is 2.13. The van der Waals surface area contributed by atoms with Crippen molar-refractivity contribution in [3.8, 4) is 0 Å². The fourth-order valence-corrected chi connectivity index (χ4v) is 1.47. The Morgan fingerprint density at radius 3 is 2.81 bits per heavy atom. The number of carbonyl (C=O) groups is 2. The topological polar surface area (TPSA) is 55.8 Å². The molecular formula is C10H14ClNO4. The zero-order chi connectivity index (χ0) is 12.1. The first kappa shape index (κ1) is 12.8. The van der Waals surface area contributed by atoms with E-state index in [1.54, 1.807) is 13.0 Å². The molecule has 0 aliphatic carbocycles. The monoisotopic (exact) mass is 247 g/mol. The van der Waals surface area contributed by atoms with Crippen molar-refractivity contribution in [2.75, 3.05) is 20.2 Å². The molecule has 0 saturated carbocycles. The van der Waals surface area contributed by atoms with E-state index in [2.05, 4.69) is 4.74 Å². The number of alkyl halides is 1. The number of nitrogens with zero attached hydrogens (tertiary/aromatic N) is 1. The summed E-state index contributed by atoms with van der Waals surface area (Å²) in [5.41, 5.74) is -0.215. The van der Waals surface area contributed by atoms with E-state index in [1.807, 2.05) is 0 Å². The van der Waals surface area contributed by atoms with Crippen molar-refractivity contribution >= 4 is 23.7 Å². The van der Waals surface area contributed by atoms with Gasteiger partial charge in [-0.2, -0.15) is 0 Å². The van der Waals surface area contributed by atoms with Gasteiger partial charge in [0.25, 0.3) is 0 Å². The van der Waals surface area contributed by atoms with Crippen molar-refractivity contribution in [3.05, 3.63) is 11.6 Å². The highest BCUT2D eigenvalue weighted by atomic mass is 35.5. The van der Waals surface area contributed by atoms with Crippen LogP contribution in [-0.4, -0.2) is 42.7 Å². The summed E-state index contributed by atoms with van der Waals surface area (Å²) in [6, 6.07) is 0. The smallest absolute Gasteiger partial charge is 0.411 e. The molecule has 0 aromatic rings. The molecule has 6 heteroatoms. The average Bonchev–Trinajstić information content (AvgIpc) is 2.27. The third-order valence-corrected chi connectivity index (χ3v) is 2.21. The maximum absolute atomic E-state index is 11.5. The van der Waals surface area contributed by atoms with Gasteiger partial charge in [-0.05, 0) is 13.3 Å². The molecule has 0 radical (unpaired) electrons. The minimum absolute atomic E-state index is 0.203. The first-order valence-corrected chi connectivity index (χ1v) is 5.35. The van der Waals surface area contributed by atoms with Crippen molar-refractivity contribution in [1.82, 2.24) is 4.90 Å². The SMILES string of the molecule is COC(=O)C1=CCCN(C(=O)OC(C)Cl)C1. The van der Waals surface area contributed by atoms with Gasteiger partial charge in [0.2, 0.25) is 0 Å². The van der Waals surface area contributed by atoms with E-state index in [0.717, 1.165) is 0 Å². The fourth-order valence-electron chi connectivity index (χ4n) is 1.39. The molecule has 1 unspecified atom stereocenters. The first-order chi connectivity index (χ1) is 7.54. The molecule has 1 heterocycles. The Morgan fingerprint density at radius 2 is 2.25 bits per heavy atom. The van der Waals surface area contributed by atoms with E-state index in [-0.39, 0.29) is 6.54 Å². The summed E-state index contributed by atoms with van der Waals surface area (Å²) in [7, 11) is 1.31. The summed E-state index contributed by atoms with van der Waals surface area (Å²) >= 11 is 5.54. The van der Waals surface area contributed by atoms with Crippen LogP contribution in [0.4, 0.5) is 4.79 Å². The minimum Gasteiger partial charge on any atom is -0.466 e. The summed E-state index contributed by atoms with van der Waals surface area (Å²) in [5, 5.41) is 0. The molecule has 1 rings (SSSR count). The zero-order valence-corrected chi connectivity index (χ0v) is 9.99. The molecule has 1 atom stereocenters. The average molecular weight is 248 g/mol. The van der Waals surface area contributed by atoms with Crippen LogP contribution in [0.2, 0.25) is 0 Å². The van der Waals surface area contributed by atoms with Crippen molar-refractivity contribution in [3.63, 3.8) is 0 Å². The second-order valence-electron chi connectivity index (χ2n) is 3.36. The van der Waals surface area contributed by atoms with Gasteiger partial charge in [0, 0.05) is 6.54 Å². The van der Waals surface area contributed by atoms with Gasteiger partial charge >= 0.3 is 12.1 Å². The van der Waals surface area contributed by atoms with Crippen molar-refractivity contribution in [2.45, 2.75) is 18.9 Å². The van der Waals surface area contributed by atoms with Gasteiger partial charge in [0.1, 0.15) is 0 Å². The van der Waals surface area contributed by atoms with Gasteiger partial charge in [-0.1, -0.05) is 17.7 Å². The van der Waals surface area contributed by atoms with Gasteiger partial charge in [0.05, 0.1) is 19.2 Å². The molecule has 5 nitrogen and oxygen atoms in total. The summed E-state index contributed by atoms with van der Waals surface area (Å²) in [5.74, 6) is -0.420. The van der Waals surface area contributed by atoms with Gasteiger partial charge in [-0.3, -0.25) is 0 Å². The second kappa shape index (κ2) is 5.75.